The summed E-state index contributed by atoms with van der Waals surface area (Å²) in [6.45, 7) is 4.18. The summed E-state index contributed by atoms with van der Waals surface area (Å²) in [4.78, 5) is 37.8. The van der Waals surface area contributed by atoms with E-state index in [-0.39, 0.29) is 11.9 Å². The van der Waals surface area contributed by atoms with Gasteiger partial charge in [-0.1, -0.05) is 17.4 Å². The number of ether oxygens (including phenoxy) is 1. The van der Waals surface area contributed by atoms with Gasteiger partial charge in [-0.2, -0.15) is 0 Å². The first-order valence-electron chi connectivity index (χ1n) is 10.0. The minimum atomic E-state index is -0.692. The summed E-state index contributed by atoms with van der Waals surface area (Å²) in [5.74, 6) is 1.33. The summed E-state index contributed by atoms with van der Waals surface area (Å²) in [6, 6.07) is 10.4. The highest BCUT2D eigenvalue weighted by atomic mass is 32.1. The lowest BCUT2D eigenvalue weighted by Crippen LogP contribution is -2.54. The lowest BCUT2D eigenvalue weighted by molar-refractivity contribution is -0.117. The topological polar surface area (TPSA) is 99.7 Å². The average molecular weight is 441 g/mol. The number of pyridine rings is 1. The van der Waals surface area contributed by atoms with Crippen molar-refractivity contribution in [3.05, 3.63) is 42.6 Å². The van der Waals surface area contributed by atoms with Gasteiger partial charge in [0.05, 0.1) is 17.3 Å². The summed E-state index contributed by atoms with van der Waals surface area (Å²) < 4.78 is 6.13. The molecule has 1 aliphatic heterocycles. The summed E-state index contributed by atoms with van der Waals surface area (Å²) >= 11 is 1.36. The lowest BCUT2D eigenvalue weighted by atomic mass is 10.3. The van der Waals surface area contributed by atoms with Crippen LogP contribution in [-0.4, -0.2) is 66.1 Å². The molecule has 1 aromatic carbocycles. The molecule has 3 heterocycles. The standard InChI is InChI=1S/C21H24N6O3S/c1-14(19(28)25-20-24-16-7-6-15(30-2)13-17(16)31-20)23-21(29)27-11-9-26(10-12-27)18-5-3-4-8-22-18/h3-8,13-14H,9-12H2,1-2H3,(H,23,29)(H,24,25,28)/t14-/m0/s1. The molecule has 0 bridgehead atoms. The van der Waals surface area contributed by atoms with Crippen LogP contribution in [-0.2, 0) is 4.79 Å². The molecule has 1 fully saturated rings. The molecule has 1 saturated heterocycles. The first kappa shape index (κ1) is 20.9. The Morgan fingerprint density at radius 2 is 1.97 bits per heavy atom. The van der Waals surface area contributed by atoms with Crippen molar-refractivity contribution in [1.82, 2.24) is 20.2 Å². The Morgan fingerprint density at radius 1 is 1.16 bits per heavy atom. The largest absolute Gasteiger partial charge is 0.497 e. The van der Waals surface area contributed by atoms with E-state index < -0.39 is 6.04 Å². The Kier molecular flexibility index (Phi) is 6.17. The molecular formula is C21H24N6O3S. The fourth-order valence-electron chi connectivity index (χ4n) is 3.32. The average Bonchev–Trinajstić information content (AvgIpc) is 3.21. The first-order valence-corrected chi connectivity index (χ1v) is 10.8. The molecule has 4 rings (SSSR count). The molecule has 162 valence electrons. The summed E-state index contributed by atoms with van der Waals surface area (Å²) in [5, 5.41) is 6.04. The van der Waals surface area contributed by atoms with Crippen LogP contribution in [0.25, 0.3) is 10.2 Å². The second kappa shape index (κ2) is 9.17. The summed E-state index contributed by atoms with van der Waals surface area (Å²) in [7, 11) is 1.60. The van der Waals surface area contributed by atoms with Crippen molar-refractivity contribution in [3.8, 4) is 5.75 Å². The Bertz CT molecular complexity index is 1070. The molecular weight excluding hydrogens is 416 g/mol. The van der Waals surface area contributed by atoms with Crippen molar-refractivity contribution in [2.75, 3.05) is 43.5 Å². The minimum Gasteiger partial charge on any atom is -0.497 e. The van der Waals surface area contributed by atoms with Crippen LogP contribution in [0.4, 0.5) is 15.7 Å². The molecule has 2 N–H and O–H groups in total. The molecule has 0 spiro atoms. The van der Waals surface area contributed by atoms with Gasteiger partial charge in [-0.05, 0) is 37.3 Å². The van der Waals surface area contributed by atoms with Crippen molar-refractivity contribution in [2.45, 2.75) is 13.0 Å². The molecule has 10 heteroatoms. The van der Waals surface area contributed by atoms with Crippen molar-refractivity contribution < 1.29 is 14.3 Å². The normalized spacial score (nSPS) is 14.9. The van der Waals surface area contributed by atoms with Crippen LogP contribution in [0.2, 0.25) is 0 Å². The smallest absolute Gasteiger partial charge is 0.318 e. The van der Waals surface area contributed by atoms with Crippen molar-refractivity contribution in [2.24, 2.45) is 0 Å². The van der Waals surface area contributed by atoms with Gasteiger partial charge in [-0.15, -0.1) is 0 Å². The van der Waals surface area contributed by atoms with E-state index in [1.165, 1.54) is 11.3 Å². The number of benzene rings is 1. The maximum Gasteiger partial charge on any atom is 0.318 e. The summed E-state index contributed by atoms with van der Waals surface area (Å²) in [5.41, 5.74) is 0.781. The zero-order valence-corrected chi connectivity index (χ0v) is 18.2. The van der Waals surface area contributed by atoms with Gasteiger partial charge in [0.2, 0.25) is 5.91 Å². The highest BCUT2D eigenvalue weighted by Gasteiger charge is 2.25. The zero-order valence-electron chi connectivity index (χ0n) is 17.4. The number of urea groups is 1. The molecule has 3 aromatic rings. The number of methoxy groups -OCH3 is 1. The number of hydrogen-bond acceptors (Lipinski definition) is 7. The van der Waals surface area contributed by atoms with Crippen molar-refractivity contribution in [1.29, 1.82) is 0 Å². The predicted octanol–water partition coefficient (Wildman–Crippen LogP) is 2.56. The molecule has 1 atom stereocenters. The number of amides is 3. The van der Waals surface area contributed by atoms with Crippen molar-refractivity contribution >= 4 is 44.4 Å². The van der Waals surface area contributed by atoms with Crippen molar-refractivity contribution in [3.63, 3.8) is 0 Å². The Balaban J connectivity index is 1.29. The second-order valence-electron chi connectivity index (χ2n) is 7.18. The zero-order chi connectivity index (χ0) is 21.8. The lowest BCUT2D eigenvalue weighted by Gasteiger charge is -2.35. The van der Waals surface area contributed by atoms with E-state index in [0.717, 1.165) is 21.8 Å². The third kappa shape index (κ3) is 4.85. The third-order valence-electron chi connectivity index (χ3n) is 5.10. The number of rotatable bonds is 5. The number of carbonyl (C=O) groups is 2. The maximum absolute atomic E-state index is 12.6. The molecule has 0 saturated carbocycles. The van der Waals surface area contributed by atoms with Crippen LogP contribution in [0.15, 0.2) is 42.6 Å². The highest BCUT2D eigenvalue weighted by molar-refractivity contribution is 7.22. The third-order valence-corrected chi connectivity index (χ3v) is 6.03. The predicted molar refractivity (Wildman–Crippen MR) is 121 cm³/mol. The van der Waals surface area contributed by atoms with Crippen LogP contribution < -0.4 is 20.3 Å². The number of fused-ring (bicyclic) bond motifs is 1. The molecule has 31 heavy (non-hydrogen) atoms. The van der Waals surface area contributed by atoms with Gasteiger partial charge >= 0.3 is 6.03 Å². The Labute approximate surface area is 184 Å². The van der Waals surface area contributed by atoms with E-state index >= 15 is 0 Å². The van der Waals surface area contributed by atoms with E-state index in [1.807, 2.05) is 36.4 Å². The molecule has 0 unspecified atom stereocenters. The maximum atomic E-state index is 12.6. The molecule has 0 radical (unpaired) electrons. The van der Waals surface area contributed by atoms with Gasteiger partial charge in [0.1, 0.15) is 17.6 Å². The monoisotopic (exact) mass is 440 g/mol. The SMILES string of the molecule is COc1ccc2nc(NC(=O)[C@H](C)NC(=O)N3CCN(c4ccccn4)CC3)sc2c1. The van der Waals surface area contributed by atoms with Gasteiger partial charge in [-0.25, -0.2) is 14.8 Å². The minimum absolute atomic E-state index is 0.252. The molecule has 9 nitrogen and oxygen atoms in total. The second-order valence-corrected chi connectivity index (χ2v) is 8.21. The van der Waals surface area contributed by atoms with Crippen LogP contribution in [0.5, 0.6) is 5.75 Å². The number of hydrogen-bond donors (Lipinski definition) is 2. The Hall–Kier alpha value is -3.40. The number of nitrogens with zero attached hydrogens (tertiary/aromatic N) is 4. The molecule has 3 amide bonds. The Morgan fingerprint density at radius 3 is 2.68 bits per heavy atom. The highest BCUT2D eigenvalue weighted by Crippen LogP contribution is 2.29. The number of nitrogens with one attached hydrogen (secondary N) is 2. The van der Waals surface area contributed by atoms with E-state index in [4.69, 9.17) is 4.74 Å². The fourth-order valence-corrected chi connectivity index (χ4v) is 4.22. The number of piperazine rings is 1. The fraction of sp³-hybridized carbons (Fsp3) is 0.333. The van der Waals surface area contributed by atoms with E-state index in [1.54, 1.807) is 25.1 Å². The van der Waals surface area contributed by atoms with Gasteiger partial charge in [0, 0.05) is 32.4 Å². The van der Waals surface area contributed by atoms with Crippen LogP contribution in [0.1, 0.15) is 6.92 Å². The van der Waals surface area contributed by atoms with Gasteiger partial charge in [-0.3, -0.25) is 4.79 Å². The van der Waals surface area contributed by atoms with Gasteiger partial charge in [0.15, 0.2) is 5.13 Å². The van der Waals surface area contributed by atoms with E-state index in [2.05, 4.69) is 25.5 Å². The van der Waals surface area contributed by atoms with Gasteiger partial charge < -0.3 is 25.2 Å². The van der Waals surface area contributed by atoms with Crippen LogP contribution >= 0.6 is 11.3 Å². The molecule has 2 aromatic heterocycles. The summed E-state index contributed by atoms with van der Waals surface area (Å²) in [6.07, 6.45) is 1.76. The number of thiazole rings is 1. The molecule has 0 aliphatic carbocycles. The van der Waals surface area contributed by atoms with E-state index in [0.29, 0.717) is 31.3 Å². The number of carbonyl (C=O) groups excluding carboxylic acids is 2. The molecule has 1 aliphatic rings. The number of aromatic nitrogens is 2. The van der Waals surface area contributed by atoms with Crippen LogP contribution in [0.3, 0.4) is 0 Å². The number of anilines is 2. The first-order chi connectivity index (χ1) is 15.0. The van der Waals surface area contributed by atoms with Crippen LogP contribution in [0, 0.1) is 0 Å². The van der Waals surface area contributed by atoms with Gasteiger partial charge in [0.25, 0.3) is 0 Å². The quantitative estimate of drug-likeness (QED) is 0.633. The van der Waals surface area contributed by atoms with E-state index in [9.17, 15) is 9.59 Å².